The van der Waals surface area contributed by atoms with Crippen LogP contribution < -0.4 is 15.0 Å². The van der Waals surface area contributed by atoms with Crippen LogP contribution in [0.4, 0.5) is 0 Å². The molecule has 0 unspecified atom stereocenters. The molecule has 0 amide bonds. The average Bonchev–Trinajstić information content (AvgIpc) is 2.67. The molecule has 0 atom stereocenters. The van der Waals surface area contributed by atoms with Gasteiger partial charge in [0.05, 0.1) is 17.1 Å². The van der Waals surface area contributed by atoms with Crippen LogP contribution in [0.25, 0.3) is 5.65 Å². The number of benzene rings is 1. The number of nitrogens with zero attached hydrogens (tertiary/aromatic N) is 2. The number of fused-ring (bicyclic) bond motifs is 2. The number of ether oxygens (including phenoxy) is 3. The molecule has 0 N–H and O–H groups in total. The Morgan fingerprint density at radius 2 is 1.96 bits per heavy atom. The molecule has 8 heteroatoms. The summed E-state index contributed by atoms with van der Waals surface area (Å²) < 4.78 is 17.5. The van der Waals surface area contributed by atoms with Crippen molar-refractivity contribution in [2.45, 2.75) is 13.0 Å². The molecule has 0 spiro atoms. The molecule has 3 heterocycles. The number of rotatable bonds is 4. The first-order chi connectivity index (χ1) is 13.1. The average molecular weight is 387 g/mol. The van der Waals surface area contributed by atoms with Crippen molar-refractivity contribution in [3.8, 4) is 11.5 Å². The first-order valence-electron chi connectivity index (χ1n) is 8.30. The first-order valence-corrected chi connectivity index (χ1v) is 8.68. The van der Waals surface area contributed by atoms with Crippen LogP contribution in [0.1, 0.15) is 11.3 Å². The summed E-state index contributed by atoms with van der Waals surface area (Å²) in [6.07, 6.45) is 1.57. The third-order valence-electron chi connectivity index (χ3n) is 4.01. The summed E-state index contributed by atoms with van der Waals surface area (Å²) in [5, 5.41) is 0.435. The summed E-state index contributed by atoms with van der Waals surface area (Å²) >= 11 is 5.88. The molecule has 0 fully saturated rings. The molecule has 1 aliphatic rings. The molecule has 1 aliphatic heterocycles. The molecule has 7 nitrogen and oxygen atoms in total. The van der Waals surface area contributed by atoms with Crippen molar-refractivity contribution in [1.29, 1.82) is 0 Å². The maximum Gasteiger partial charge on any atom is 0.310 e. The molecule has 138 valence electrons. The van der Waals surface area contributed by atoms with Crippen molar-refractivity contribution < 1.29 is 19.0 Å². The Labute approximate surface area is 159 Å². The molecule has 0 saturated heterocycles. The third-order valence-corrected chi connectivity index (χ3v) is 4.24. The van der Waals surface area contributed by atoms with E-state index in [-0.39, 0.29) is 18.6 Å². The number of halogens is 1. The minimum Gasteiger partial charge on any atom is -0.486 e. The summed E-state index contributed by atoms with van der Waals surface area (Å²) in [6, 6.07) is 9.92. The maximum absolute atomic E-state index is 12.1. The van der Waals surface area contributed by atoms with Crippen molar-refractivity contribution in [1.82, 2.24) is 9.38 Å². The van der Waals surface area contributed by atoms with Crippen LogP contribution in [0.5, 0.6) is 11.5 Å². The highest BCUT2D eigenvalue weighted by molar-refractivity contribution is 6.30. The van der Waals surface area contributed by atoms with Gasteiger partial charge in [0.1, 0.15) is 25.5 Å². The number of aromatic nitrogens is 2. The predicted octanol–water partition coefficient (Wildman–Crippen LogP) is 2.41. The minimum absolute atomic E-state index is 0.0822. The van der Waals surface area contributed by atoms with Crippen LogP contribution in [0, 0.1) is 0 Å². The zero-order chi connectivity index (χ0) is 18.8. The Bertz CT molecular complexity index is 1080. The van der Waals surface area contributed by atoms with E-state index in [0.717, 1.165) is 5.56 Å². The maximum atomic E-state index is 12.1. The minimum atomic E-state index is -0.426. The highest BCUT2D eigenvalue weighted by Crippen LogP contribution is 2.30. The molecule has 27 heavy (non-hydrogen) atoms. The number of pyridine rings is 1. The van der Waals surface area contributed by atoms with E-state index in [0.29, 0.717) is 41.1 Å². The fraction of sp³-hybridized carbons (Fsp3) is 0.211. The number of hydrogen-bond acceptors (Lipinski definition) is 6. The van der Waals surface area contributed by atoms with E-state index < -0.39 is 5.97 Å². The molecule has 1 aromatic carbocycles. The van der Waals surface area contributed by atoms with Gasteiger partial charge in [-0.2, -0.15) is 0 Å². The van der Waals surface area contributed by atoms with Gasteiger partial charge in [-0.15, -0.1) is 0 Å². The molecule has 0 saturated carbocycles. The lowest BCUT2D eigenvalue weighted by molar-refractivity contribution is -0.144. The Kier molecular flexibility index (Phi) is 4.68. The van der Waals surface area contributed by atoms with Crippen molar-refractivity contribution in [2.75, 3.05) is 13.2 Å². The predicted molar refractivity (Wildman–Crippen MR) is 97.4 cm³/mol. The lowest BCUT2D eigenvalue weighted by Crippen LogP contribution is -2.17. The summed E-state index contributed by atoms with van der Waals surface area (Å²) in [5.74, 6) is 0.860. The van der Waals surface area contributed by atoms with Gasteiger partial charge in [-0.05, 0) is 29.8 Å². The molecule has 3 aromatic rings. The van der Waals surface area contributed by atoms with Crippen molar-refractivity contribution in [3.05, 3.63) is 69.2 Å². The highest BCUT2D eigenvalue weighted by atomic mass is 35.5. The second kappa shape index (κ2) is 7.28. The number of carbonyl (C=O) groups is 1. The smallest absolute Gasteiger partial charge is 0.310 e. The Balaban J connectivity index is 1.43. The second-order valence-electron chi connectivity index (χ2n) is 5.98. The van der Waals surface area contributed by atoms with E-state index in [1.165, 1.54) is 16.7 Å². The van der Waals surface area contributed by atoms with Crippen LogP contribution in [0.15, 0.2) is 47.4 Å². The van der Waals surface area contributed by atoms with Gasteiger partial charge in [0.2, 0.25) is 0 Å². The zero-order valence-electron chi connectivity index (χ0n) is 14.2. The third kappa shape index (κ3) is 3.88. The summed E-state index contributed by atoms with van der Waals surface area (Å²) in [4.78, 5) is 28.6. The molecule has 0 aliphatic carbocycles. The van der Waals surface area contributed by atoms with E-state index in [1.54, 1.807) is 30.3 Å². The summed E-state index contributed by atoms with van der Waals surface area (Å²) in [7, 11) is 0. The van der Waals surface area contributed by atoms with E-state index in [1.807, 2.05) is 0 Å². The monoisotopic (exact) mass is 386 g/mol. The number of hydrogen-bond donors (Lipinski definition) is 0. The lowest BCUT2D eigenvalue weighted by Gasteiger charge is -2.18. The number of esters is 1. The van der Waals surface area contributed by atoms with Crippen LogP contribution >= 0.6 is 11.6 Å². The highest BCUT2D eigenvalue weighted by Gasteiger charge is 2.14. The standard InChI is InChI=1S/C19H15ClN2O5/c20-13-2-4-17-21-14(9-18(23)22(17)10-13)11-27-19(24)8-12-1-3-15-16(7-12)26-6-5-25-15/h1-4,7,9-10H,5-6,8,11H2. The molecule has 0 bridgehead atoms. The van der Waals surface area contributed by atoms with Gasteiger partial charge in [0, 0.05) is 12.3 Å². The van der Waals surface area contributed by atoms with Gasteiger partial charge in [-0.3, -0.25) is 14.0 Å². The molecule has 2 aromatic heterocycles. The van der Waals surface area contributed by atoms with Gasteiger partial charge in [-0.25, -0.2) is 4.98 Å². The topological polar surface area (TPSA) is 79.1 Å². The van der Waals surface area contributed by atoms with Gasteiger partial charge in [-0.1, -0.05) is 17.7 Å². The van der Waals surface area contributed by atoms with Crippen molar-refractivity contribution in [3.63, 3.8) is 0 Å². The van der Waals surface area contributed by atoms with Crippen LogP contribution in [0.2, 0.25) is 5.02 Å². The largest absolute Gasteiger partial charge is 0.486 e. The number of carbonyl (C=O) groups excluding carboxylic acids is 1. The SMILES string of the molecule is O=C(Cc1ccc2c(c1)OCCO2)OCc1cc(=O)n2cc(Cl)ccc2n1. The molecule has 4 rings (SSSR count). The summed E-state index contributed by atoms with van der Waals surface area (Å²) in [6.45, 7) is 0.909. The zero-order valence-corrected chi connectivity index (χ0v) is 14.9. The van der Waals surface area contributed by atoms with Crippen molar-refractivity contribution >= 4 is 23.2 Å². The van der Waals surface area contributed by atoms with Crippen molar-refractivity contribution in [2.24, 2.45) is 0 Å². The van der Waals surface area contributed by atoms with Gasteiger partial charge in [0.25, 0.3) is 5.56 Å². The Morgan fingerprint density at radius 3 is 2.81 bits per heavy atom. The van der Waals surface area contributed by atoms with Gasteiger partial charge >= 0.3 is 5.97 Å². The molecular formula is C19H15ClN2O5. The van der Waals surface area contributed by atoms with E-state index in [4.69, 9.17) is 25.8 Å². The Morgan fingerprint density at radius 1 is 1.15 bits per heavy atom. The van der Waals surface area contributed by atoms with E-state index >= 15 is 0 Å². The first kappa shape index (κ1) is 17.4. The second-order valence-corrected chi connectivity index (χ2v) is 6.41. The van der Waals surface area contributed by atoms with Gasteiger partial charge in [0.15, 0.2) is 11.5 Å². The van der Waals surface area contributed by atoms with Crippen LogP contribution in [-0.4, -0.2) is 28.6 Å². The summed E-state index contributed by atoms with van der Waals surface area (Å²) in [5.41, 5.74) is 1.27. The molecule has 0 radical (unpaired) electrons. The Hall–Kier alpha value is -3.06. The normalized spacial score (nSPS) is 12.8. The van der Waals surface area contributed by atoms with E-state index in [9.17, 15) is 9.59 Å². The quantitative estimate of drug-likeness (QED) is 0.641. The van der Waals surface area contributed by atoms with E-state index in [2.05, 4.69) is 4.98 Å². The lowest BCUT2D eigenvalue weighted by atomic mass is 10.1. The van der Waals surface area contributed by atoms with Gasteiger partial charge < -0.3 is 14.2 Å². The molecular weight excluding hydrogens is 372 g/mol. The fourth-order valence-electron chi connectivity index (χ4n) is 2.77. The fourth-order valence-corrected chi connectivity index (χ4v) is 2.93. The van der Waals surface area contributed by atoms with Crippen LogP contribution in [0.3, 0.4) is 0 Å². The van der Waals surface area contributed by atoms with Crippen LogP contribution in [-0.2, 0) is 22.6 Å².